The quantitative estimate of drug-likeness (QED) is 0.770. The second kappa shape index (κ2) is 4.42. The van der Waals surface area contributed by atoms with Crippen LogP contribution in [0.1, 0.15) is 17.0 Å². The summed E-state index contributed by atoms with van der Waals surface area (Å²) < 4.78 is 0. The zero-order chi connectivity index (χ0) is 11.4. The fraction of sp³-hybridized carbons (Fsp3) is 0.300. The van der Waals surface area contributed by atoms with Crippen molar-refractivity contribution in [2.24, 2.45) is 0 Å². The Balaban J connectivity index is 3.05. The van der Waals surface area contributed by atoms with Crippen LogP contribution in [-0.2, 0) is 4.79 Å². The number of anilines is 1. The van der Waals surface area contributed by atoms with E-state index < -0.39 is 5.97 Å². The number of pyridine rings is 1. The van der Waals surface area contributed by atoms with Gasteiger partial charge in [-0.2, -0.15) is 5.26 Å². The second-order valence-electron chi connectivity index (χ2n) is 3.13. The number of rotatable bonds is 3. The standard InChI is InChI=1S/C10H11N3O2/c1-6-3-9(12-5-10(14)15)8(4-11)7(2)13-6/h3H,5H2,1-2H3,(H,12,13)(H,14,15). The zero-order valence-electron chi connectivity index (χ0n) is 8.53. The smallest absolute Gasteiger partial charge is 0.322 e. The monoisotopic (exact) mass is 205 g/mol. The lowest BCUT2D eigenvalue weighted by atomic mass is 10.1. The van der Waals surface area contributed by atoms with Crippen LogP contribution in [0.15, 0.2) is 6.07 Å². The summed E-state index contributed by atoms with van der Waals surface area (Å²) in [6.07, 6.45) is 0. The molecule has 1 aromatic rings. The molecule has 5 heteroatoms. The lowest BCUT2D eigenvalue weighted by Gasteiger charge is -2.08. The van der Waals surface area contributed by atoms with Crippen molar-refractivity contribution in [1.82, 2.24) is 4.98 Å². The molecule has 1 aromatic heterocycles. The Morgan fingerprint density at radius 1 is 1.67 bits per heavy atom. The minimum Gasteiger partial charge on any atom is -0.480 e. The van der Waals surface area contributed by atoms with E-state index in [1.165, 1.54) is 0 Å². The van der Waals surface area contributed by atoms with Crippen LogP contribution in [0.4, 0.5) is 5.69 Å². The number of nitrogens with one attached hydrogen (secondary N) is 1. The number of aromatic nitrogens is 1. The maximum atomic E-state index is 10.4. The average Bonchev–Trinajstić information content (AvgIpc) is 2.13. The number of aliphatic carboxylic acids is 1. The van der Waals surface area contributed by atoms with E-state index in [1.54, 1.807) is 19.9 Å². The lowest BCUT2D eigenvalue weighted by molar-refractivity contribution is -0.134. The summed E-state index contributed by atoms with van der Waals surface area (Å²) in [5.74, 6) is -0.967. The number of carboxylic acids is 1. The molecule has 5 nitrogen and oxygen atoms in total. The van der Waals surface area contributed by atoms with E-state index in [0.29, 0.717) is 16.9 Å². The van der Waals surface area contributed by atoms with Gasteiger partial charge in [0.25, 0.3) is 0 Å². The number of carboxylic acid groups (broad SMARTS) is 1. The van der Waals surface area contributed by atoms with Gasteiger partial charge in [-0.25, -0.2) is 0 Å². The van der Waals surface area contributed by atoms with Gasteiger partial charge in [-0.1, -0.05) is 0 Å². The average molecular weight is 205 g/mol. The Hall–Kier alpha value is -2.09. The van der Waals surface area contributed by atoms with E-state index >= 15 is 0 Å². The lowest BCUT2D eigenvalue weighted by Crippen LogP contribution is -2.14. The molecule has 0 saturated heterocycles. The highest BCUT2D eigenvalue weighted by Gasteiger charge is 2.08. The Labute approximate surface area is 87.4 Å². The highest BCUT2D eigenvalue weighted by molar-refractivity contribution is 5.74. The van der Waals surface area contributed by atoms with Crippen LogP contribution < -0.4 is 5.32 Å². The molecule has 0 fully saturated rings. The molecule has 0 aliphatic heterocycles. The molecule has 15 heavy (non-hydrogen) atoms. The Kier molecular flexibility index (Phi) is 3.24. The molecule has 0 amide bonds. The number of hydrogen-bond acceptors (Lipinski definition) is 4. The molecule has 0 aliphatic carbocycles. The zero-order valence-corrected chi connectivity index (χ0v) is 8.53. The molecular weight excluding hydrogens is 194 g/mol. The molecular formula is C10H11N3O2. The Morgan fingerprint density at radius 2 is 2.33 bits per heavy atom. The molecule has 0 aliphatic rings. The summed E-state index contributed by atoms with van der Waals surface area (Å²) in [7, 11) is 0. The molecule has 0 saturated carbocycles. The van der Waals surface area contributed by atoms with Crippen molar-refractivity contribution in [2.75, 3.05) is 11.9 Å². The molecule has 0 bridgehead atoms. The van der Waals surface area contributed by atoms with Gasteiger partial charge in [0, 0.05) is 5.69 Å². The van der Waals surface area contributed by atoms with Crippen molar-refractivity contribution in [3.63, 3.8) is 0 Å². The van der Waals surface area contributed by atoms with Gasteiger partial charge in [0.2, 0.25) is 0 Å². The van der Waals surface area contributed by atoms with Gasteiger partial charge in [0.1, 0.15) is 12.6 Å². The van der Waals surface area contributed by atoms with Crippen molar-refractivity contribution in [2.45, 2.75) is 13.8 Å². The molecule has 0 atom stereocenters. The van der Waals surface area contributed by atoms with Gasteiger partial charge < -0.3 is 10.4 Å². The van der Waals surface area contributed by atoms with Gasteiger partial charge in [-0.3, -0.25) is 9.78 Å². The number of hydrogen-bond donors (Lipinski definition) is 2. The van der Waals surface area contributed by atoms with Crippen molar-refractivity contribution in [3.8, 4) is 6.07 Å². The minimum absolute atomic E-state index is 0.211. The Bertz CT molecular complexity index is 435. The number of aryl methyl sites for hydroxylation is 2. The van der Waals surface area contributed by atoms with E-state index in [1.807, 2.05) is 6.07 Å². The molecule has 0 spiro atoms. The summed E-state index contributed by atoms with van der Waals surface area (Å²) in [6.45, 7) is 3.30. The predicted octanol–water partition coefficient (Wildman–Crippen LogP) is 1.07. The topological polar surface area (TPSA) is 86.0 Å². The third-order valence-electron chi connectivity index (χ3n) is 1.87. The molecule has 1 rings (SSSR count). The maximum absolute atomic E-state index is 10.4. The summed E-state index contributed by atoms with van der Waals surface area (Å²) >= 11 is 0. The highest BCUT2D eigenvalue weighted by atomic mass is 16.4. The van der Waals surface area contributed by atoms with Crippen molar-refractivity contribution in [1.29, 1.82) is 5.26 Å². The molecule has 0 radical (unpaired) electrons. The minimum atomic E-state index is -0.967. The van der Waals surface area contributed by atoms with Crippen LogP contribution in [0, 0.1) is 25.2 Å². The number of nitriles is 1. The number of carbonyl (C=O) groups is 1. The van der Waals surface area contributed by atoms with Crippen LogP contribution in [-0.4, -0.2) is 22.6 Å². The Morgan fingerprint density at radius 3 is 2.87 bits per heavy atom. The van der Waals surface area contributed by atoms with Gasteiger partial charge in [0.05, 0.1) is 16.9 Å². The van der Waals surface area contributed by atoms with Crippen molar-refractivity contribution >= 4 is 11.7 Å². The van der Waals surface area contributed by atoms with Gasteiger partial charge >= 0.3 is 5.97 Å². The second-order valence-corrected chi connectivity index (χ2v) is 3.13. The first-order valence-electron chi connectivity index (χ1n) is 4.38. The van der Waals surface area contributed by atoms with Gasteiger partial charge in [-0.05, 0) is 19.9 Å². The van der Waals surface area contributed by atoms with Gasteiger partial charge in [0.15, 0.2) is 0 Å². The first-order valence-corrected chi connectivity index (χ1v) is 4.38. The normalized spacial score (nSPS) is 9.40. The third-order valence-corrected chi connectivity index (χ3v) is 1.87. The van der Waals surface area contributed by atoms with Crippen molar-refractivity contribution in [3.05, 3.63) is 23.0 Å². The first-order chi connectivity index (χ1) is 7.04. The SMILES string of the molecule is Cc1cc(NCC(=O)O)c(C#N)c(C)n1. The summed E-state index contributed by atoms with van der Waals surface area (Å²) in [5, 5.41) is 20.1. The predicted molar refractivity (Wildman–Crippen MR) is 54.6 cm³/mol. The fourth-order valence-electron chi connectivity index (χ4n) is 1.28. The number of nitrogens with zero attached hydrogens (tertiary/aromatic N) is 2. The van der Waals surface area contributed by atoms with Crippen LogP contribution in [0.3, 0.4) is 0 Å². The summed E-state index contributed by atoms with van der Waals surface area (Å²) in [5.41, 5.74) is 2.26. The van der Waals surface area contributed by atoms with Crippen LogP contribution in [0.2, 0.25) is 0 Å². The molecule has 1 heterocycles. The van der Waals surface area contributed by atoms with E-state index in [4.69, 9.17) is 10.4 Å². The maximum Gasteiger partial charge on any atom is 0.322 e. The molecule has 78 valence electrons. The molecule has 0 unspecified atom stereocenters. The highest BCUT2D eigenvalue weighted by Crippen LogP contribution is 2.18. The summed E-state index contributed by atoms with van der Waals surface area (Å²) in [4.78, 5) is 14.5. The molecule has 0 aromatic carbocycles. The third kappa shape index (κ3) is 2.68. The summed E-state index contributed by atoms with van der Waals surface area (Å²) in [6, 6.07) is 3.66. The van der Waals surface area contributed by atoms with E-state index in [0.717, 1.165) is 5.69 Å². The van der Waals surface area contributed by atoms with Gasteiger partial charge in [-0.15, -0.1) is 0 Å². The van der Waals surface area contributed by atoms with E-state index in [2.05, 4.69) is 10.3 Å². The fourth-order valence-corrected chi connectivity index (χ4v) is 1.28. The van der Waals surface area contributed by atoms with E-state index in [9.17, 15) is 4.79 Å². The molecule has 2 N–H and O–H groups in total. The largest absolute Gasteiger partial charge is 0.480 e. The van der Waals surface area contributed by atoms with Crippen molar-refractivity contribution < 1.29 is 9.90 Å². The van der Waals surface area contributed by atoms with E-state index in [-0.39, 0.29) is 6.54 Å². The first kappa shape index (κ1) is 11.0. The van der Waals surface area contributed by atoms with Crippen LogP contribution in [0.5, 0.6) is 0 Å². The van der Waals surface area contributed by atoms with Crippen LogP contribution >= 0.6 is 0 Å². The van der Waals surface area contributed by atoms with Crippen LogP contribution in [0.25, 0.3) is 0 Å².